The van der Waals surface area contributed by atoms with E-state index >= 15 is 0 Å². The van der Waals surface area contributed by atoms with Gasteiger partial charge in [-0.1, -0.05) is 16.9 Å². The Morgan fingerprint density at radius 1 is 1.16 bits per heavy atom. The Labute approximate surface area is 145 Å². The van der Waals surface area contributed by atoms with Crippen LogP contribution in [0.15, 0.2) is 56.8 Å². The molecule has 9 heteroatoms. The summed E-state index contributed by atoms with van der Waals surface area (Å²) < 4.78 is 25.4. The van der Waals surface area contributed by atoms with Crippen molar-refractivity contribution >= 4 is 11.8 Å². The Bertz CT molecular complexity index is 979. The molecular weight excluding hydrogens is 345 g/mol. The SMILES string of the molecule is Cn1c(SCc2noc(-c3ccc(F)cc3)n2)nnc1-c1ccco1. The lowest BCUT2D eigenvalue weighted by molar-refractivity contribution is 0.425. The highest BCUT2D eigenvalue weighted by Gasteiger charge is 2.15. The molecule has 126 valence electrons. The monoisotopic (exact) mass is 357 g/mol. The molecule has 0 amide bonds. The Morgan fingerprint density at radius 3 is 2.76 bits per heavy atom. The third-order valence-corrected chi connectivity index (χ3v) is 4.48. The van der Waals surface area contributed by atoms with Gasteiger partial charge in [-0.15, -0.1) is 10.2 Å². The molecule has 7 nitrogen and oxygen atoms in total. The molecule has 0 aliphatic rings. The van der Waals surface area contributed by atoms with Crippen LogP contribution in [0.1, 0.15) is 5.82 Å². The molecule has 4 rings (SSSR count). The molecule has 0 spiro atoms. The van der Waals surface area contributed by atoms with E-state index in [1.807, 2.05) is 17.7 Å². The molecule has 0 aliphatic heterocycles. The van der Waals surface area contributed by atoms with Crippen LogP contribution in [-0.4, -0.2) is 24.9 Å². The minimum Gasteiger partial charge on any atom is -0.461 e. The summed E-state index contributed by atoms with van der Waals surface area (Å²) in [6.45, 7) is 0. The summed E-state index contributed by atoms with van der Waals surface area (Å²) in [6, 6.07) is 9.52. The lowest BCUT2D eigenvalue weighted by Crippen LogP contribution is -1.94. The predicted molar refractivity (Wildman–Crippen MR) is 88.0 cm³/mol. The Morgan fingerprint density at radius 2 is 2.00 bits per heavy atom. The number of aromatic nitrogens is 5. The van der Waals surface area contributed by atoms with Crippen molar-refractivity contribution in [3.05, 3.63) is 54.3 Å². The van der Waals surface area contributed by atoms with Crippen LogP contribution in [-0.2, 0) is 12.8 Å². The molecule has 0 atom stereocenters. The van der Waals surface area contributed by atoms with Gasteiger partial charge < -0.3 is 13.5 Å². The van der Waals surface area contributed by atoms with E-state index < -0.39 is 0 Å². The number of hydrogen-bond donors (Lipinski definition) is 0. The number of rotatable bonds is 5. The molecule has 3 aromatic heterocycles. The zero-order valence-electron chi connectivity index (χ0n) is 13.1. The second kappa shape index (κ2) is 6.52. The van der Waals surface area contributed by atoms with Gasteiger partial charge >= 0.3 is 0 Å². The van der Waals surface area contributed by atoms with Gasteiger partial charge in [0.2, 0.25) is 0 Å². The zero-order chi connectivity index (χ0) is 17.2. The highest BCUT2D eigenvalue weighted by atomic mass is 32.2. The molecule has 4 aromatic rings. The van der Waals surface area contributed by atoms with Gasteiger partial charge in [-0.25, -0.2) is 4.39 Å². The van der Waals surface area contributed by atoms with E-state index in [1.54, 1.807) is 24.5 Å². The quantitative estimate of drug-likeness (QED) is 0.505. The average Bonchev–Trinajstić information content (AvgIpc) is 3.34. The minimum atomic E-state index is -0.311. The molecule has 0 fully saturated rings. The summed E-state index contributed by atoms with van der Waals surface area (Å²) in [5, 5.41) is 12.9. The maximum atomic E-state index is 13.0. The van der Waals surface area contributed by atoms with Gasteiger partial charge in [0.1, 0.15) is 5.82 Å². The minimum absolute atomic E-state index is 0.311. The molecular formula is C16H12FN5O2S. The maximum absolute atomic E-state index is 13.0. The van der Waals surface area contributed by atoms with Crippen LogP contribution in [0.25, 0.3) is 23.0 Å². The lowest BCUT2D eigenvalue weighted by Gasteiger charge is -2.00. The molecule has 0 saturated heterocycles. The number of furan rings is 1. The molecule has 0 radical (unpaired) electrons. The van der Waals surface area contributed by atoms with Crippen LogP contribution >= 0.6 is 11.8 Å². The number of halogens is 1. The van der Waals surface area contributed by atoms with Gasteiger partial charge in [-0.3, -0.25) is 0 Å². The van der Waals surface area contributed by atoms with E-state index in [4.69, 9.17) is 8.94 Å². The van der Waals surface area contributed by atoms with Crippen LogP contribution in [0.5, 0.6) is 0 Å². The third kappa shape index (κ3) is 3.18. The smallest absolute Gasteiger partial charge is 0.257 e. The average molecular weight is 357 g/mol. The van der Waals surface area contributed by atoms with Crippen LogP contribution in [0, 0.1) is 5.82 Å². The van der Waals surface area contributed by atoms with Gasteiger partial charge in [-0.2, -0.15) is 4.98 Å². The van der Waals surface area contributed by atoms with E-state index in [1.165, 1.54) is 23.9 Å². The van der Waals surface area contributed by atoms with Crippen molar-refractivity contribution < 1.29 is 13.3 Å². The normalized spacial score (nSPS) is 11.1. The van der Waals surface area contributed by atoms with Crippen molar-refractivity contribution in [1.29, 1.82) is 0 Å². The van der Waals surface area contributed by atoms with E-state index in [0.29, 0.717) is 39.8 Å². The van der Waals surface area contributed by atoms with E-state index in [0.717, 1.165) is 0 Å². The largest absolute Gasteiger partial charge is 0.461 e. The fourth-order valence-corrected chi connectivity index (χ4v) is 2.97. The summed E-state index contributed by atoms with van der Waals surface area (Å²) in [5.74, 6) is 2.33. The Balaban J connectivity index is 1.46. The van der Waals surface area contributed by atoms with Gasteiger partial charge in [0, 0.05) is 12.6 Å². The summed E-state index contributed by atoms with van der Waals surface area (Å²) in [5.41, 5.74) is 0.670. The fourth-order valence-electron chi connectivity index (χ4n) is 2.21. The number of hydrogen-bond acceptors (Lipinski definition) is 7. The van der Waals surface area contributed by atoms with Crippen molar-refractivity contribution in [3.8, 4) is 23.0 Å². The Kier molecular flexibility index (Phi) is 4.06. The van der Waals surface area contributed by atoms with E-state index in [2.05, 4.69) is 20.3 Å². The number of nitrogens with zero attached hydrogens (tertiary/aromatic N) is 5. The lowest BCUT2D eigenvalue weighted by atomic mass is 10.2. The number of thioether (sulfide) groups is 1. The number of benzene rings is 1. The van der Waals surface area contributed by atoms with E-state index in [-0.39, 0.29) is 5.82 Å². The van der Waals surface area contributed by atoms with Gasteiger partial charge in [-0.05, 0) is 36.4 Å². The van der Waals surface area contributed by atoms with Crippen molar-refractivity contribution in [3.63, 3.8) is 0 Å². The fraction of sp³-hybridized carbons (Fsp3) is 0.125. The summed E-state index contributed by atoms with van der Waals surface area (Å²) in [7, 11) is 1.86. The standard InChI is InChI=1S/C16H12FN5O2S/c1-22-14(12-3-2-8-23-12)19-20-16(22)25-9-13-18-15(24-21-13)10-4-6-11(17)7-5-10/h2-8H,9H2,1H3. The van der Waals surface area contributed by atoms with Crippen molar-refractivity contribution in [2.45, 2.75) is 10.9 Å². The maximum Gasteiger partial charge on any atom is 0.257 e. The summed E-state index contributed by atoms with van der Waals surface area (Å²) in [4.78, 5) is 4.31. The zero-order valence-corrected chi connectivity index (χ0v) is 13.9. The topological polar surface area (TPSA) is 82.8 Å². The molecule has 0 N–H and O–H groups in total. The molecule has 0 saturated carbocycles. The predicted octanol–water partition coefficient (Wildman–Crippen LogP) is 3.56. The first-order valence-electron chi connectivity index (χ1n) is 7.35. The third-order valence-electron chi connectivity index (χ3n) is 3.47. The van der Waals surface area contributed by atoms with Crippen LogP contribution < -0.4 is 0 Å². The van der Waals surface area contributed by atoms with Crippen LogP contribution in [0.4, 0.5) is 4.39 Å². The first-order chi connectivity index (χ1) is 12.2. The van der Waals surface area contributed by atoms with Crippen molar-refractivity contribution in [2.24, 2.45) is 7.05 Å². The Hall–Kier alpha value is -2.94. The van der Waals surface area contributed by atoms with Gasteiger partial charge in [0.25, 0.3) is 5.89 Å². The molecule has 3 heterocycles. The molecule has 0 unspecified atom stereocenters. The van der Waals surface area contributed by atoms with Crippen LogP contribution in [0.3, 0.4) is 0 Å². The second-order valence-electron chi connectivity index (χ2n) is 5.15. The summed E-state index contributed by atoms with van der Waals surface area (Å²) in [6.07, 6.45) is 1.59. The van der Waals surface area contributed by atoms with Crippen LogP contribution in [0.2, 0.25) is 0 Å². The van der Waals surface area contributed by atoms with Crippen molar-refractivity contribution in [2.75, 3.05) is 0 Å². The first kappa shape index (κ1) is 15.6. The van der Waals surface area contributed by atoms with Crippen molar-refractivity contribution in [1.82, 2.24) is 24.9 Å². The highest BCUT2D eigenvalue weighted by Crippen LogP contribution is 2.25. The van der Waals surface area contributed by atoms with E-state index in [9.17, 15) is 4.39 Å². The summed E-state index contributed by atoms with van der Waals surface area (Å²) >= 11 is 1.43. The first-order valence-corrected chi connectivity index (χ1v) is 8.34. The van der Waals surface area contributed by atoms with Gasteiger partial charge in [0.05, 0.1) is 12.0 Å². The van der Waals surface area contributed by atoms with Gasteiger partial charge in [0.15, 0.2) is 22.6 Å². The molecule has 0 aliphatic carbocycles. The molecule has 25 heavy (non-hydrogen) atoms. The second-order valence-corrected chi connectivity index (χ2v) is 6.10. The molecule has 0 bridgehead atoms. The molecule has 1 aromatic carbocycles. The highest BCUT2D eigenvalue weighted by molar-refractivity contribution is 7.98.